The van der Waals surface area contributed by atoms with Crippen LogP contribution in [0.15, 0.2) is 95.4 Å². The molecule has 5 nitrogen and oxygen atoms in total. The average Bonchev–Trinajstić information content (AvgIpc) is 3.73. The van der Waals surface area contributed by atoms with Crippen molar-refractivity contribution in [2.45, 2.75) is 6.42 Å². The summed E-state index contributed by atoms with van der Waals surface area (Å²) in [6, 6.07) is 36.0. The van der Waals surface area contributed by atoms with Gasteiger partial charge in [-0.25, -0.2) is 0 Å². The summed E-state index contributed by atoms with van der Waals surface area (Å²) >= 11 is 0. The van der Waals surface area contributed by atoms with Crippen LogP contribution in [0, 0.1) is 19.4 Å². The van der Waals surface area contributed by atoms with E-state index in [4.69, 9.17) is 4.42 Å². The molecule has 2 aliphatic heterocycles. The van der Waals surface area contributed by atoms with Crippen molar-refractivity contribution in [3.8, 4) is 11.1 Å². The van der Waals surface area contributed by atoms with Crippen LogP contribution in [0.3, 0.4) is 0 Å². The summed E-state index contributed by atoms with van der Waals surface area (Å²) in [5.41, 5.74) is 13.9. The maximum absolute atomic E-state index is 6.35. The molecule has 0 N–H and O–H groups in total. The standard InChI is InChI=1S/C35H25N4O.Os/c1-36-20-38(30-16-14-26-25-11-4-3-8-22(25)18-29(26)33(30)36)23-9-7-10-24(19-23)39-21-37(2)34-31(39)17-15-28-27-12-5-6-13-32(27)40-35(28)34;/h3-17,20-21H,18H2,1-2H3;/q-3;. The molecule has 0 fully saturated rings. The fourth-order valence-corrected chi connectivity index (χ4v) is 6.77. The van der Waals surface area contributed by atoms with E-state index in [2.05, 4.69) is 132 Å². The number of rotatable bonds is 2. The SMILES string of the molecule is CN1[CH-]N(c2[c-]c(N3[CH-]N(C)c4c3ccc3c4oc4ccccc43)ccc2)c2ccc3c(c21)Cc1ccccc1-3.[Os]. The molecular formula is C35H25N4OOs-3. The van der Waals surface area contributed by atoms with E-state index in [0.717, 1.165) is 51.1 Å². The van der Waals surface area contributed by atoms with E-state index in [0.29, 0.717) is 0 Å². The van der Waals surface area contributed by atoms with Crippen molar-refractivity contribution in [1.82, 2.24) is 0 Å². The van der Waals surface area contributed by atoms with Gasteiger partial charge < -0.3 is 24.0 Å². The molecular weight excluding hydrogens is 683 g/mol. The van der Waals surface area contributed by atoms with Crippen LogP contribution in [-0.2, 0) is 26.2 Å². The van der Waals surface area contributed by atoms with Gasteiger partial charge in [-0.2, -0.15) is 19.4 Å². The number of anilines is 6. The first-order chi connectivity index (χ1) is 19.7. The van der Waals surface area contributed by atoms with Crippen LogP contribution in [0.2, 0.25) is 0 Å². The molecule has 1 aromatic heterocycles. The van der Waals surface area contributed by atoms with Crippen molar-refractivity contribution in [2.75, 3.05) is 33.7 Å². The number of fused-ring (bicyclic) bond motifs is 10. The molecule has 41 heavy (non-hydrogen) atoms. The van der Waals surface area contributed by atoms with Crippen LogP contribution in [0.5, 0.6) is 0 Å². The molecule has 1 aliphatic carbocycles. The minimum absolute atomic E-state index is 0. The number of para-hydroxylation sites is 1. The van der Waals surface area contributed by atoms with Gasteiger partial charge in [0.25, 0.3) is 0 Å². The summed E-state index contributed by atoms with van der Waals surface area (Å²) in [4.78, 5) is 8.85. The molecule has 0 saturated carbocycles. The summed E-state index contributed by atoms with van der Waals surface area (Å²) in [7, 11) is 4.22. The van der Waals surface area contributed by atoms with Crippen molar-refractivity contribution >= 4 is 56.1 Å². The molecule has 0 radical (unpaired) electrons. The first kappa shape index (κ1) is 24.5. The van der Waals surface area contributed by atoms with Crippen LogP contribution in [0.4, 0.5) is 34.1 Å². The van der Waals surface area contributed by atoms with Crippen LogP contribution in [0.1, 0.15) is 11.1 Å². The number of hydrogen-bond acceptors (Lipinski definition) is 5. The number of hydrogen-bond donors (Lipinski definition) is 0. The van der Waals surface area contributed by atoms with Crippen molar-refractivity contribution < 1.29 is 24.2 Å². The van der Waals surface area contributed by atoms with Gasteiger partial charge in [0, 0.05) is 54.0 Å². The molecule has 0 saturated heterocycles. The van der Waals surface area contributed by atoms with E-state index in [-0.39, 0.29) is 19.8 Å². The number of benzene rings is 5. The Bertz CT molecular complexity index is 2010. The second-order valence-electron chi connectivity index (χ2n) is 10.8. The summed E-state index contributed by atoms with van der Waals surface area (Å²) < 4.78 is 6.35. The minimum atomic E-state index is 0. The van der Waals surface area contributed by atoms with Crippen LogP contribution in [-0.4, -0.2) is 14.1 Å². The van der Waals surface area contributed by atoms with E-state index in [1.54, 1.807) is 0 Å². The monoisotopic (exact) mass is 709 g/mol. The Balaban J connectivity index is 0.00000256. The summed E-state index contributed by atoms with van der Waals surface area (Å²) in [6.07, 6.45) is 0.965. The molecule has 5 aromatic carbocycles. The number of nitrogens with zero attached hydrogens (tertiary/aromatic N) is 4. The molecule has 3 heterocycles. The fraction of sp³-hybridized carbons (Fsp3) is 0.0857. The van der Waals surface area contributed by atoms with Gasteiger partial charge in [0.1, 0.15) is 5.58 Å². The maximum atomic E-state index is 6.35. The topological polar surface area (TPSA) is 26.1 Å². The van der Waals surface area contributed by atoms with Crippen molar-refractivity contribution in [2.24, 2.45) is 0 Å². The molecule has 0 amide bonds. The predicted octanol–water partition coefficient (Wildman–Crippen LogP) is 8.37. The Morgan fingerprint density at radius 3 is 2.17 bits per heavy atom. The average molecular weight is 708 g/mol. The molecule has 6 heteroatoms. The number of furan rings is 1. The Labute approximate surface area is 252 Å². The first-order valence-electron chi connectivity index (χ1n) is 13.6. The third kappa shape index (κ3) is 3.38. The van der Waals surface area contributed by atoms with E-state index < -0.39 is 0 Å². The second-order valence-corrected chi connectivity index (χ2v) is 10.8. The summed E-state index contributed by atoms with van der Waals surface area (Å²) in [5.74, 6) is 0. The molecule has 0 atom stereocenters. The Kier molecular flexibility index (Phi) is 5.30. The largest absolute Gasteiger partial charge is 0.504 e. The van der Waals surface area contributed by atoms with E-state index >= 15 is 0 Å². The molecule has 3 aliphatic rings. The van der Waals surface area contributed by atoms with Gasteiger partial charge in [-0.3, -0.25) is 0 Å². The van der Waals surface area contributed by atoms with Crippen LogP contribution < -0.4 is 19.6 Å². The maximum Gasteiger partial charge on any atom is 0.158 e. The van der Waals surface area contributed by atoms with E-state index in [1.807, 2.05) is 12.1 Å². The van der Waals surface area contributed by atoms with Gasteiger partial charge >= 0.3 is 0 Å². The van der Waals surface area contributed by atoms with Gasteiger partial charge in [0.15, 0.2) is 5.58 Å². The normalized spacial score (nSPS) is 14.9. The Hall–Kier alpha value is -4.26. The Morgan fingerprint density at radius 2 is 1.34 bits per heavy atom. The van der Waals surface area contributed by atoms with Gasteiger partial charge in [-0.05, 0) is 60.6 Å². The quantitative estimate of drug-likeness (QED) is 0.168. The molecule has 0 unspecified atom stereocenters. The molecule has 202 valence electrons. The van der Waals surface area contributed by atoms with E-state index in [1.165, 1.54) is 33.6 Å². The zero-order chi connectivity index (χ0) is 26.5. The molecule has 9 rings (SSSR count). The second kappa shape index (κ2) is 8.87. The zero-order valence-electron chi connectivity index (χ0n) is 22.6. The molecule has 6 aromatic rings. The van der Waals surface area contributed by atoms with E-state index in [9.17, 15) is 0 Å². The smallest absolute Gasteiger partial charge is 0.158 e. The first-order valence-corrected chi connectivity index (χ1v) is 13.6. The zero-order valence-corrected chi connectivity index (χ0v) is 25.1. The van der Waals surface area contributed by atoms with Crippen molar-refractivity contribution in [1.29, 1.82) is 0 Å². The fourth-order valence-electron chi connectivity index (χ4n) is 6.77. The summed E-state index contributed by atoms with van der Waals surface area (Å²) in [6.45, 7) is 4.29. The van der Waals surface area contributed by atoms with Crippen molar-refractivity contribution in [3.63, 3.8) is 0 Å². The minimum Gasteiger partial charge on any atom is -0.504 e. The van der Waals surface area contributed by atoms with Gasteiger partial charge in [-0.15, -0.1) is 29.6 Å². The van der Waals surface area contributed by atoms with Gasteiger partial charge in [0.05, 0.1) is 5.69 Å². The van der Waals surface area contributed by atoms with Gasteiger partial charge in [0.2, 0.25) is 0 Å². The molecule has 0 spiro atoms. The predicted molar refractivity (Wildman–Crippen MR) is 163 cm³/mol. The molecule has 0 bridgehead atoms. The van der Waals surface area contributed by atoms with Crippen LogP contribution >= 0.6 is 0 Å². The van der Waals surface area contributed by atoms with Gasteiger partial charge in [-0.1, -0.05) is 48.5 Å². The Morgan fingerprint density at radius 1 is 0.659 bits per heavy atom. The van der Waals surface area contributed by atoms with Crippen LogP contribution in [0.25, 0.3) is 33.1 Å². The third-order valence-electron chi connectivity index (χ3n) is 8.52. The summed E-state index contributed by atoms with van der Waals surface area (Å²) in [5, 5.41) is 2.28. The van der Waals surface area contributed by atoms with Crippen molar-refractivity contribution in [3.05, 3.63) is 122 Å². The third-order valence-corrected chi connectivity index (χ3v) is 8.52.